The summed E-state index contributed by atoms with van der Waals surface area (Å²) in [5, 5.41) is 0. The van der Waals surface area contributed by atoms with Crippen LogP contribution >= 0.6 is 0 Å². The summed E-state index contributed by atoms with van der Waals surface area (Å²) in [6, 6.07) is 8.50. The number of ether oxygens (including phenoxy) is 2. The quantitative estimate of drug-likeness (QED) is 0.485. The third-order valence-electron chi connectivity index (χ3n) is 3.05. The van der Waals surface area contributed by atoms with E-state index in [1.807, 2.05) is 19.1 Å². The van der Waals surface area contributed by atoms with E-state index in [4.69, 9.17) is 9.47 Å². The van der Waals surface area contributed by atoms with Crippen molar-refractivity contribution in [3.8, 4) is 5.75 Å². The summed E-state index contributed by atoms with van der Waals surface area (Å²) in [7, 11) is 0. The van der Waals surface area contributed by atoms with Gasteiger partial charge >= 0.3 is 0 Å². The zero-order valence-corrected chi connectivity index (χ0v) is 13.8. The van der Waals surface area contributed by atoms with Gasteiger partial charge in [0.15, 0.2) is 0 Å². The fourth-order valence-electron chi connectivity index (χ4n) is 1.85. The molecule has 1 aromatic rings. The first-order valence-corrected chi connectivity index (χ1v) is 7.92. The van der Waals surface area contributed by atoms with Gasteiger partial charge in [-0.25, -0.2) is 0 Å². The Bertz CT molecular complexity index is 383. The lowest BCUT2D eigenvalue weighted by Gasteiger charge is -2.17. The molecule has 0 aliphatic heterocycles. The van der Waals surface area contributed by atoms with Crippen molar-refractivity contribution in [2.75, 3.05) is 26.4 Å². The third-order valence-corrected chi connectivity index (χ3v) is 3.05. The Labute approximate surface area is 129 Å². The maximum Gasteiger partial charge on any atom is 0.119 e. The Morgan fingerprint density at radius 3 is 2.71 bits per heavy atom. The molecule has 0 saturated heterocycles. The number of hydrogen-bond acceptors (Lipinski definition) is 4. The third kappa shape index (κ3) is 8.05. The van der Waals surface area contributed by atoms with Gasteiger partial charge in [-0.3, -0.25) is 10.9 Å². The Morgan fingerprint density at radius 2 is 2.00 bits per heavy atom. The van der Waals surface area contributed by atoms with Crippen molar-refractivity contribution in [1.29, 1.82) is 0 Å². The summed E-state index contributed by atoms with van der Waals surface area (Å²) in [6.45, 7) is 11.7. The molecule has 1 rings (SSSR count). The molecule has 0 spiro atoms. The Balaban J connectivity index is 2.32. The maximum atomic E-state index is 5.76. The van der Waals surface area contributed by atoms with E-state index in [2.05, 4.69) is 43.8 Å². The molecule has 0 aliphatic carbocycles. The summed E-state index contributed by atoms with van der Waals surface area (Å²) in [5.74, 6) is 1.47. The lowest BCUT2D eigenvalue weighted by atomic mass is 10.1. The van der Waals surface area contributed by atoms with Crippen LogP contribution in [0.2, 0.25) is 0 Å². The summed E-state index contributed by atoms with van der Waals surface area (Å²) in [4.78, 5) is 0. The molecule has 0 bridgehead atoms. The highest BCUT2D eigenvalue weighted by molar-refractivity contribution is 5.30. The standard InChI is InChI=1S/C17H30N2O2/c1-5-20-11-7-10-18-19-15(4)16-8-6-9-17(12-16)21-13-14(2)3/h6,8-9,12,14-15,18-19H,5,7,10-11,13H2,1-4H3. The van der Waals surface area contributed by atoms with Gasteiger partial charge in [0.05, 0.1) is 6.61 Å². The van der Waals surface area contributed by atoms with E-state index in [0.717, 1.165) is 38.5 Å². The number of hydrogen-bond donors (Lipinski definition) is 2. The van der Waals surface area contributed by atoms with Crippen LogP contribution in [0.1, 0.15) is 45.7 Å². The molecule has 0 saturated carbocycles. The SMILES string of the molecule is CCOCCCNNC(C)c1cccc(OCC(C)C)c1. The number of rotatable bonds is 11. The van der Waals surface area contributed by atoms with Gasteiger partial charge in [0.25, 0.3) is 0 Å². The van der Waals surface area contributed by atoms with E-state index in [1.54, 1.807) is 0 Å². The molecule has 1 unspecified atom stereocenters. The van der Waals surface area contributed by atoms with E-state index >= 15 is 0 Å². The lowest BCUT2D eigenvalue weighted by Crippen LogP contribution is -2.35. The van der Waals surface area contributed by atoms with Crippen LogP contribution in [0, 0.1) is 5.92 Å². The van der Waals surface area contributed by atoms with Gasteiger partial charge in [0.1, 0.15) is 5.75 Å². The van der Waals surface area contributed by atoms with Crippen LogP contribution in [0.5, 0.6) is 5.75 Å². The van der Waals surface area contributed by atoms with E-state index in [-0.39, 0.29) is 6.04 Å². The molecule has 0 radical (unpaired) electrons. The number of nitrogens with one attached hydrogen (secondary N) is 2. The van der Waals surface area contributed by atoms with Gasteiger partial charge in [0.2, 0.25) is 0 Å². The zero-order chi connectivity index (χ0) is 15.5. The second-order valence-electron chi connectivity index (χ2n) is 5.62. The molecule has 21 heavy (non-hydrogen) atoms. The van der Waals surface area contributed by atoms with Crippen molar-refractivity contribution in [3.05, 3.63) is 29.8 Å². The predicted octanol–water partition coefficient (Wildman–Crippen LogP) is 3.30. The smallest absolute Gasteiger partial charge is 0.119 e. The molecule has 0 fully saturated rings. The van der Waals surface area contributed by atoms with Crippen molar-refractivity contribution in [2.24, 2.45) is 5.92 Å². The molecule has 4 nitrogen and oxygen atoms in total. The average Bonchev–Trinajstić information content (AvgIpc) is 2.48. The van der Waals surface area contributed by atoms with E-state index in [1.165, 1.54) is 5.56 Å². The van der Waals surface area contributed by atoms with Crippen LogP contribution < -0.4 is 15.6 Å². The average molecular weight is 294 g/mol. The van der Waals surface area contributed by atoms with Crippen molar-refractivity contribution >= 4 is 0 Å². The molecule has 120 valence electrons. The normalized spacial score (nSPS) is 12.6. The van der Waals surface area contributed by atoms with Crippen molar-refractivity contribution in [1.82, 2.24) is 10.9 Å². The van der Waals surface area contributed by atoms with Crippen molar-refractivity contribution in [3.63, 3.8) is 0 Å². The zero-order valence-electron chi connectivity index (χ0n) is 13.8. The summed E-state index contributed by atoms with van der Waals surface area (Å²) < 4.78 is 11.1. The minimum Gasteiger partial charge on any atom is -0.493 e. The second-order valence-corrected chi connectivity index (χ2v) is 5.62. The molecule has 0 heterocycles. The molecule has 2 N–H and O–H groups in total. The maximum absolute atomic E-state index is 5.76. The fourth-order valence-corrected chi connectivity index (χ4v) is 1.85. The van der Waals surface area contributed by atoms with Gasteiger partial charge in [-0.05, 0) is 43.9 Å². The molecule has 0 amide bonds. The van der Waals surface area contributed by atoms with Crippen LogP contribution in [0.3, 0.4) is 0 Å². The summed E-state index contributed by atoms with van der Waals surface area (Å²) in [6.07, 6.45) is 1.01. The fraction of sp³-hybridized carbons (Fsp3) is 0.647. The van der Waals surface area contributed by atoms with Gasteiger partial charge in [0, 0.05) is 25.8 Å². The van der Waals surface area contributed by atoms with Gasteiger partial charge < -0.3 is 9.47 Å². The van der Waals surface area contributed by atoms with E-state index in [9.17, 15) is 0 Å². The molecule has 1 aromatic carbocycles. The first kappa shape index (κ1) is 18.0. The first-order valence-electron chi connectivity index (χ1n) is 7.92. The van der Waals surface area contributed by atoms with E-state index < -0.39 is 0 Å². The van der Waals surface area contributed by atoms with Crippen LogP contribution in [0.25, 0.3) is 0 Å². The Hall–Kier alpha value is -1.10. The lowest BCUT2D eigenvalue weighted by molar-refractivity contribution is 0.143. The molecule has 4 heteroatoms. The highest BCUT2D eigenvalue weighted by Gasteiger charge is 2.06. The minimum atomic E-state index is 0.236. The van der Waals surface area contributed by atoms with Crippen LogP contribution in [-0.4, -0.2) is 26.4 Å². The highest BCUT2D eigenvalue weighted by atomic mass is 16.5. The number of hydrazine groups is 1. The van der Waals surface area contributed by atoms with Crippen molar-refractivity contribution in [2.45, 2.75) is 40.2 Å². The highest BCUT2D eigenvalue weighted by Crippen LogP contribution is 2.19. The summed E-state index contributed by atoms with van der Waals surface area (Å²) >= 11 is 0. The first-order chi connectivity index (χ1) is 10.1. The Morgan fingerprint density at radius 1 is 1.19 bits per heavy atom. The Kier molecular flexibility index (Phi) is 9.06. The second kappa shape index (κ2) is 10.6. The molecular formula is C17H30N2O2. The molecular weight excluding hydrogens is 264 g/mol. The summed E-state index contributed by atoms with van der Waals surface area (Å²) in [5.41, 5.74) is 7.76. The minimum absolute atomic E-state index is 0.236. The number of benzene rings is 1. The van der Waals surface area contributed by atoms with Gasteiger partial charge in [-0.1, -0.05) is 26.0 Å². The monoisotopic (exact) mass is 294 g/mol. The van der Waals surface area contributed by atoms with E-state index in [0.29, 0.717) is 5.92 Å². The van der Waals surface area contributed by atoms with Gasteiger partial charge in [-0.15, -0.1) is 0 Å². The topological polar surface area (TPSA) is 42.5 Å². The largest absolute Gasteiger partial charge is 0.493 e. The molecule has 0 aromatic heterocycles. The van der Waals surface area contributed by atoms with Crippen LogP contribution in [0.15, 0.2) is 24.3 Å². The van der Waals surface area contributed by atoms with Crippen LogP contribution in [0.4, 0.5) is 0 Å². The molecule has 0 aliphatic rings. The predicted molar refractivity (Wildman–Crippen MR) is 87.4 cm³/mol. The molecule has 1 atom stereocenters. The van der Waals surface area contributed by atoms with Gasteiger partial charge in [-0.2, -0.15) is 0 Å². The van der Waals surface area contributed by atoms with Crippen LogP contribution in [-0.2, 0) is 4.74 Å². The van der Waals surface area contributed by atoms with Crippen molar-refractivity contribution < 1.29 is 9.47 Å².